The molecular formula is C20H23FN2O3S. The number of anilines is 1. The maximum atomic E-state index is 14.5. The molecule has 1 atom stereocenters. The lowest BCUT2D eigenvalue weighted by Gasteiger charge is -2.24. The summed E-state index contributed by atoms with van der Waals surface area (Å²) >= 11 is 0. The molecule has 1 amide bonds. The van der Waals surface area contributed by atoms with Gasteiger partial charge in [-0.3, -0.25) is 4.79 Å². The van der Waals surface area contributed by atoms with Gasteiger partial charge in [0.25, 0.3) is 5.91 Å². The first-order valence-electron chi connectivity index (χ1n) is 9.02. The molecule has 1 unspecified atom stereocenters. The number of rotatable bonds is 5. The van der Waals surface area contributed by atoms with E-state index in [-0.39, 0.29) is 16.5 Å². The third-order valence-electron chi connectivity index (χ3n) is 4.94. The first kappa shape index (κ1) is 19.5. The predicted molar refractivity (Wildman–Crippen MR) is 103 cm³/mol. The quantitative estimate of drug-likeness (QED) is 0.786. The maximum absolute atomic E-state index is 14.5. The normalized spacial score (nSPS) is 16.6. The monoisotopic (exact) mass is 390 g/mol. The fourth-order valence-corrected chi connectivity index (χ4v) is 5.03. The molecule has 27 heavy (non-hydrogen) atoms. The summed E-state index contributed by atoms with van der Waals surface area (Å²) in [6.07, 6.45) is 0.682. The molecule has 7 heteroatoms. The van der Waals surface area contributed by atoms with Gasteiger partial charge in [0.15, 0.2) is 0 Å². The van der Waals surface area contributed by atoms with Crippen LogP contribution in [0.1, 0.15) is 36.7 Å². The van der Waals surface area contributed by atoms with Gasteiger partial charge in [0.1, 0.15) is 5.82 Å². The summed E-state index contributed by atoms with van der Waals surface area (Å²) in [7, 11) is -3.78. The highest BCUT2D eigenvalue weighted by molar-refractivity contribution is 7.89. The lowest BCUT2D eigenvalue weighted by molar-refractivity contribution is 0.0977. The lowest BCUT2D eigenvalue weighted by Crippen LogP contribution is -2.36. The SMILES string of the molecule is CCN(CC)S(=O)(=O)c1ccc(F)c(C(=O)N2c3ccccc3CC2C)c1. The number of amides is 1. The Morgan fingerprint density at radius 2 is 1.85 bits per heavy atom. The Labute approximate surface area is 159 Å². The highest BCUT2D eigenvalue weighted by Crippen LogP contribution is 2.33. The van der Waals surface area contributed by atoms with Crippen molar-refractivity contribution in [3.63, 3.8) is 0 Å². The molecule has 0 aliphatic carbocycles. The largest absolute Gasteiger partial charge is 0.305 e. The fraction of sp³-hybridized carbons (Fsp3) is 0.350. The van der Waals surface area contributed by atoms with Gasteiger partial charge in [0.2, 0.25) is 10.0 Å². The molecule has 1 aliphatic heterocycles. The summed E-state index contributed by atoms with van der Waals surface area (Å²) in [6.45, 7) is 5.97. The number of fused-ring (bicyclic) bond motifs is 1. The minimum absolute atomic E-state index is 0.0731. The highest BCUT2D eigenvalue weighted by atomic mass is 32.2. The zero-order valence-electron chi connectivity index (χ0n) is 15.6. The molecule has 0 N–H and O–H groups in total. The van der Waals surface area contributed by atoms with Crippen LogP contribution >= 0.6 is 0 Å². The lowest BCUT2D eigenvalue weighted by atomic mass is 10.1. The van der Waals surface area contributed by atoms with Gasteiger partial charge in [0, 0.05) is 24.8 Å². The number of nitrogens with zero attached hydrogens (tertiary/aromatic N) is 2. The van der Waals surface area contributed by atoms with Crippen LogP contribution in [0.15, 0.2) is 47.4 Å². The van der Waals surface area contributed by atoms with Crippen molar-refractivity contribution in [3.05, 3.63) is 59.4 Å². The molecule has 0 fully saturated rings. The van der Waals surface area contributed by atoms with E-state index in [0.717, 1.165) is 23.4 Å². The summed E-state index contributed by atoms with van der Waals surface area (Å²) in [5.74, 6) is -1.25. The van der Waals surface area contributed by atoms with Crippen molar-refractivity contribution in [3.8, 4) is 0 Å². The molecule has 0 saturated carbocycles. The molecule has 2 aromatic rings. The molecule has 2 aromatic carbocycles. The highest BCUT2D eigenvalue weighted by Gasteiger charge is 2.33. The van der Waals surface area contributed by atoms with Crippen molar-refractivity contribution in [2.75, 3.05) is 18.0 Å². The Bertz CT molecular complexity index is 971. The van der Waals surface area contributed by atoms with Crippen LogP contribution in [0.25, 0.3) is 0 Å². The van der Waals surface area contributed by atoms with E-state index in [2.05, 4.69) is 0 Å². The van der Waals surface area contributed by atoms with Crippen LogP contribution in [0.2, 0.25) is 0 Å². The number of hydrogen-bond donors (Lipinski definition) is 0. The molecule has 0 radical (unpaired) electrons. The summed E-state index contributed by atoms with van der Waals surface area (Å²) in [4.78, 5) is 14.6. The molecular weight excluding hydrogens is 367 g/mol. The van der Waals surface area contributed by atoms with Crippen LogP contribution < -0.4 is 4.90 Å². The van der Waals surface area contributed by atoms with Gasteiger partial charge < -0.3 is 4.90 Å². The molecule has 0 saturated heterocycles. The number of sulfonamides is 1. The van der Waals surface area contributed by atoms with Crippen molar-refractivity contribution in [1.29, 1.82) is 0 Å². The van der Waals surface area contributed by atoms with E-state index in [0.29, 0.717) is 19.5 Å². The Morgan fingerprint density at radius 3 is 2.52 bits per heavy atom. The standard InChI is InChI=1S/C20H23FN2O3S/c1-4-22(5-2)27(25,26)16-10-11-18(21)17(13-16)20(24)23-14(3)12-15-8-6-7-9-19(15)23/h6-11,13-14H,4-5,12H2,1-3H3. The van der Waals surface area contributed by atoms with Crippen molar-refractivity contribution in [2.45, 2.75) is 38.1 Å². The Morgan fingerprint density at radius 1 is 1.19 bits per heavy atom. The van der Waals surface area contributed by atoms with E-state index in [9.17, 15) is 17.6 Å². The predicted octanol–water partition coefficient (Wildman–Crippen LogP) is 3.45. The van der Waals surface area contributed by atoms with Crippen molar-refractivity contribution in [2.24, 2.45) is 0 Å². The van der Waals surface area contributed by atoms with Crippen LogP contribution in [-0.2, 0) is 16.4 Å². The van der Waals surface area contributed by atoms with Crippen LogP contribution in [0, 0.1) is 5.82 Å². The minimum atomic E-state index is -3.78. The Hall–Kier alpha value is -2.25. The van der Waals surface area contributed by atoms with E-state index in [1.807, 2.05) is 31.2 Å². The number of hydrogen-bond acceptors (Lipinski definition) is 3. The van der Waals surface area contributed by atoms with Gasteiger partial charge in [-0.1, -0.05) is 32.0 Å². The van der Waals surface area contributed by atoms with Crippen LogP contribution in [0.3, 0.4) is 0 Å². The third-order valence-corrected chi connectivity index (χ3v) is 6.98. The van der Waals surface area contributed by atoms with E-state index < -0.39 is 21.7 Å². The van der Waals surface area contributed by atoms with E-state index >= 15 is 0 Å². The number of carbonyl (C=O) groups is 1. The summed E-state index contributed by atoms with van der Waals surface area (Å²) < 4.78 is 41.2. The molecule has 0 bridgehead atoms. The third kappa shape index (κ3) is 3.37. The van der Waals surface area contributed by atoms with Crippen LogP contribution in [0.5, 0.6) is 0 Å². The Kier molecular flexibility index (Phi) is 5.35. The van der Waals surface area contributed by atoms with Gasteiger partial charge in [0.05, 0.1) is 10.5 Å². The van der Waals surface area contributed by atoms with Crippen LogP contribution in [-0.4, -0.2) is 37.8 Å². The first-order valence-corrected chi connectivity index (χ1v) is 10.5. The summed E-state index contributed by atoms with van der Waals surface area (Å²) in [5, 5.41) is 0. The second-order valence-electron chi connectivity index (χ2n) is 6.59. The van der Waals surface area contributed by atoms with Gasteiger partial charge in [-0.25, -0.2) is 12.8 Å². The zero-order valence-corrected chi connectivity index (χ0v) is 16.5. The molecule has 1 aliphatic rings. The van der Waals surface area contributed by atoms with Crippen LogP contribution in [0.4, 0.5) is 10.1 Å². The maximum Gasteiger partial charge on any atom is 0.261 e. The number of para-hydroxylation sites is 1. The second-order valence-corrected chi connectivity index (χ2v) is 8.53. The first-order chi connectivity index (χ1) is 12.8. The fourth-order valence-electron chi connectivity index (χ4n) is 3.55. The van der Waals surface area contributed by atoms with E-state index in [4.69, 9.17) is 0 Å². The topological polar surface area (TPSA) is 57.7 Å². The summed E-state index contributed by atoms with van der Waals surface area (Å²) in [5.41, 5.74) is 1.53. The van der Waals surface area contributed by atoms with E-state index in [1.165, 1.54) is 10.4 Å². The smallest absolute Gasteiger partial charge is 0.261 e. The van der Waals surface area contributed by atoms with Crippen molar-refractivity contribution < 1.29 is 17.6 Å². The Balaban J connectivity index is 2.04. The number of halogens is 1. The minimum Gasteiger partial charge on any atom is -0.305 e. The average molecular weight is 390 g/mol. The van der Waals surface area contributed by atoms with E-state index in [1.54, 1.807) is 18.7 Å². The summed E-state index contributed by atoms with van der Waals surface area (Å²) in [6, 6.07) is 10.8. The molecule has 5 nitrogen and oxygen atoms in total. The molecule has 0 spiro atoms. The second kappa shape index (κ2) is 7.40. The molecule has 1 heterocycles. The van der Waals surface area contributed by atoms with Gasteiger partial charge >= 0.3 is 0 Å². The average Bonchev–Trinajstić information content (AvgIpc) is 2.97. The molecule has 0 aromatic heterocycles. The molecule has 3 rings (SSSR count). The van der Waals surface area contributed by atoms with Crippen molar-refractivity contribution >= 4 is 21.6 Å². The molecule has 144 valence electrons. The zero-order chi connectivity index (χ0) is 19.8. The van der Waals surface area contributed by atoms with Gasteiger partial charge in [-0.05, 0) is 43.2 Å². The van der Waals surface area contributed by atoms with Gasteiger partial charge in [-0.2, -0.15) is 4.31 Å². The number of benzene rings is 2. The number of carbonyl (C=O) groups excluding carboxylic acids is 1. The van der Waals surface area contributed by atoms with Gasteiger partial charge in [-0.15, -0.1) is 0 Å². The van der Waals surface area contributed by atoms with Crippen molar-refractivity contribution in [1.82, 2.24) is 4.31 Å².